The zero-order valence-corrected chi connectivity index (χ0v) is 16.8. The summed E-state index contributed by atoms with van der Waals surface area (Å²) in [6, 6.07) is 24.4. The van der Waals surface area contributed by atoms with E-state index in [9.17, 15) is 0 Å². The van der Waals surface area contributed by atoms with Gasteiger partial charge in [0.2, 0.25) is 0 Å². The maximum Gasteiger partial charge on any atom is 0.0626 e. The van der Waals surface area contributed by atoms with Crippen LogP contribution in [0.3, 0.4) is 0 Å². The highest BCUT2D eigenvalue weighted by atomic mass is 127. The van der Waals surface area contributed by atoms with Gasteiger partial charge < -0.3 is 4.40 Å². The van der Waals surface area contributed by atoms with E-state index in [1.807, 2.05) is 0 Å². The van der Waals surface area contributed by atoms with Gasteiger partial charge in [-0.15, -0.1) is 0 Å². The van der Waals surface area contributed by atoms with Gasteiger partial charge in [0.1, 0.15) is 0 Å². The molecule has 0 fully saturated rings. The third-order valence-electron chi connectivity index (χ3n) is 5.25. The third kappa shape index (κ3) is 1.73. The second-order valence-corrected chi connectivity index (χ2v) is 8.59. The van der Waals surface area contributed by atoms with Gasteiger partial charge in [0.05, 0.1) is 16.6 Å². The molecule has 3 heteroatoms. The van der Waals surface area contributed by atoms with E-state index < -0.39 is 0 Å². The van der Waals surface area contributed by atoms with Gasteiger partial charge in [-0.3, -0.25) is 0 Å². The highest BCUT2D eigenvalue weighted by Gasteiger charge is 2.18. The third-order valence-corrected chi connectivity index (χ3v) is 6.61. The van der Waals surface area contributed by atoms with E-state index in [-0.39, 0.29) is 0 Å². The number of benzene rings is 4. The van der Waals surface area contributed by atoms with Crippen LogP contribution in [0.5, 0.6) is 0 Å². The molecule has 0 aliphatic carbocycles. The first-order valence-electron chi connectivity index (χ1n) is 8.19. The van der Waals surface area contributed by atoms with Gasteiger partial charge >= 0.3 is 0 Å². The van der Waals surface area contributed by atoms with Crippen molar-refractivity contribution in [2.24, 2.45) is 0 Å². The van der Waals surface area contributed by atoms with Gasteiger partial charge in [0.15, 0.2) is 0 Å². The van der Waals surface area contributed by atoms with Crippen LogP contribution in [-0.4, -0.2) is 4.40 Å². The molecule has 0 saturated carbocycles. The van der Waals surface area contributed by atoms with Gasteiger partial charge in [-0.2, -0.15) is 0 Å². The van der Waals surface area contributed by atoms with Gasteiger partial charge in [0, 0.05) is 29.6 Å². The summed E-state index contributed by atoms with van der Waals surface area (Å²) in [5.74, 6) is 0. The largest absolute Gasteiger partial charge is 0.308 e. The van der Waals surface area contributed by atoms with Crippen molar-refractivity contribution >= 4 is 87.4 Å². The number of fused-ring (bicyclic) bond motifs is 6. The first-order valence-corrected chi connectivity index (χ1v) is 10.1. The predicted octanol–water partition coefficient (Wildman–Crippen LogP) is 7.36. The molecule has 118 valence electrons. The summed E-state index contributed by atoms with van der Waals surface area (Å²) in [5.41, 5.74) is 3.88. The SMILES string of the molecule is Brc1ccc2c3ccccc3n3c4cc(I)ccc4c4ccc1c2c43. The molecule has 0 aliphatic rings. The predicted molar refractivity (Wildman–Crippen MR) is 119 cm³/mol. The topological polar surface area (TPSA) is 4.41 Å². The molecular weight excluding hydrogens is 485 g/mol. The molecule has 2 aromatic heterocycles. The second kappa shape index (κ2) is 4.86. The molecule has 6 rings (SSSR count). The zero-order chi connectivity index (χ0) is 16.7. The molecule has 25 heavy (non-hydrogen) atoms. The molecule has 0 saturated heterocycles. The molecule has 0 unspecified atom stereocenters. The molecule has 0 bridgehead atoms. The summed E-state index contributed by atoms with van der Waals surface area (Å²) in [4.78, 5) is 0. The zero-order valence-electron chi connectivity index (χ0n) is 13.1. The Hall–Kier alpha value is -1.85. The molecule has 0 atom stereocenters. The second-order valence-electron chi connectivity index (χ2n) is 6.49. The van der Waals surface area contributed by atoms with Crippen molar-refractivity contribution in [3.63, 3.8) is 0 Å². The summed E-state index contributed by atoms with van der Waals surface area (Å²) < 4.78 is 4.86. The fraction of sp³-hybridized carbons (Fsp3) is 0. The highest BCUT2D eigenvalue weighted by Crippen LogP contribution is 2.43. The normalized spacial score (nSPS) is 12.4. The average molecular weight is 496 g/mol. The molecule has 2 heterocycles. The van der Waals surface area contributed by atoms with E-state index in [0.29, 0.717) is 0 Å². The summed E-state index contributed by atoms with van der Waals surface area (Å²) >= 11 is 6.15. The van der Waals surface area contributed by atoms with Crippen molar-refractivity contribution in [1.82, 2.24) is 4.40 Å². The Morgan fingerprint density at radius 1 is 0.680 bits per heavy atom. The highest BCUT2D eigenvalue weighted by molar-refractivity contribution is 14.1. The molecule has 4 aromatic carbocycles. The Labute approximate surface area is 165 Å². The fourth-order valence-corrected chi connectivity index (χ4v) is 5.19. The molecule has 0 aliphatic heterocycles. The van der Waals surface area contributed by atoms with E-state index in [1.165, 1.54) is 52.4 Å². The van der Waals surface area contributed by atoms with Crippen LogP contribution in [0.15, 0.2) is 71.2 Å². The van der Waals surface area contributed by atoms with Crippen molar-refractivity contribution in [3.8, 4) is 0 Å². The lowest BCUT2D eigenvalue weighted by Gasteiger charge is -2.13. The number of nitrogens with zero attached hydrogens (tertiary/aromatic N) is 1. The standard InChI is InChI=1S/C22H11BrIN/c23-18-10-9-15-13-3-1-2-4-19(13)25-20-11-12(24)5-6-14(20)16-7-8-17(18)21(15)22(16)25/h1-11H. The molecule has 1 nitrogen and oxygen atoms in total. The number of hydrogen-bond donors (Lipinski definition) is 0. The lowest BCUT2D eigenvalue weighted by atomic mass is 9.99. The molecule has 0 N–H and O–H groups in total. The van der Waals surface area contributed by atoms with Gasteiger partial charge in [0.25, 0.3) is 0 Å². The Morgan fingerprint density at radius 3 is 2.32 bits per heavy atom. The number of hydrogen-bond acceptors (Lipinski definition) is 0. The number of pyridine rings is 1. The van der Waals surface area contributed by atoms with Gasteiger partial charge in [-0.25, -0.2) is 0 Å². The number of rotatable bonds is 0. The van der Waals surface area contributed by atoms with Crippen molar-refractivity contribution in [3.05, 3.63) is 74.8 Å². The van der Waals surface area contributed by atoms with Crippen molar-refractivity contribution in [2.75, 3.05) is 0 Å². The van der Waals surface area contributed by atoms with Crippen molar-refractivity contribution in [1.29, 1.82) is 0 Å². The summed E-state index contributed by atoms with van der Waals surface area (Å²) in [6.07, 6.45) is 0. The molecule has 0 radical (unpaired) electrons. The van der Waals surface area contributed by atoms with Crippen molar-refractivity contribution in [2.45, 2.75) is 0 Å². The quantitative estimate of drug-likeness (QED) is 0.118. The first kappa shape index (κ1) is 14.3. The molecular formula is C22H11BrIN. The lowest BCUT2D eigenvalue weighted by molar-refractivity contribution is 1.35. The van der Waals surface area contributed by atoms with Crippen molar-refractivity contribution < 1.29 is 0 Å². The van der Waals surface area contributed by atoms with E-state index >= 15 is 0 Å². The van der Waals surface area contributed by atoms with E-state index in [4.69, 9.17) is 0 Å². The molecule has 0 spiro atoms. The minimum atomic E-state index is 1.15. The van der Waals surface area contributed by atoms with Crippen LogP contribution in [0.2, 0.25) is 0 Å². The maximum atomic E-state index is 3.75. The van der Waals surface area contributed by atoms with Crippen LogP contribution in [0.4, 0.5) is 0 Å². The number of aromatic nitrogens is 1. The van der Waals surface area contributed by atoms with Crippen LogP contribution < -0.4 is 0 Å². The van der Waals surface area contributed by atoms with E-state index in [2.05, 4.69) is 110 Å². The maximum absolute atomic E-state index is 3.75. The van der Waals surface area contributed by atoms with E-state index in [1.54, 1.807) is 0 Å². The Kier molecular flexibility index (Phi) is 2.79. The minimum absolute atomic E-state index is 1.15. The molecule has 6 aromatic rings. The average Bonchev–Trinajstić information content (AvgIpc) is 2.96. The number of halogens is 2. The number of para-hydroxylation sites is 1. The summed E-state index contributed by atoms with van der Waals surface area (Å²) in [6.45, 7) is 0. The monoisotopic (exact) mass is 495 g/mol. The van der Waals surface area contributed by atoms with Crippen LogP contribution in [0.25, 0.3) is 48.9 Å². The van der Waals surface area contributed by atoms with Crippen LogP contribution in [0.1, 0.15) is 0 Å². The summed E-state index contributed by atoms with van der Waals surface area (Å²) in [7, 11) is 0. The Morgan fingerprint density at radius 2 is 1.40 bits per heavy atom. The van der Waals surface area contributed by atoms with E-state index in [0.717, 1.165) is 4.47 Å². The fourth-order valence-electron chi connectivity index (χ4n) is 4.25. The summed E-state index contributed by atoms with van der Waals surface area (Å²) in [5, 5.41) is 7.89. The smallest absolute Gasteiger partial charge is 0.0626 e. The van der Waals surface area contributed by atoms with Gasteiger partial charge in [-0.1, -0.05) is 58.4 Å². The molecule has 0 amide bonds. The van der Waals surface area contributed by atoms with Crippen LogP contribution in [0, 0.1) is 3.57 Å². The van der Waals surface area contributed by atoms with Crippen LogP contribution in [-0.2, 0) is 0 Å². The minimum Gasteiger partial charge on any atom is -0.308 e. The Bertz CT molecular complexity index is 1460. The Balaban J connectivity index is 2.13. The first-order chi connectivity index (χ1) is 12.2. The lowest BCUT2D eigenvalue weighted by Crippen LogP contribution is -1.92. The van der Waals surface area contributed by atoms with Crippen LogP contribution >= 0.6 is 38.5 Å². The van der Waals surface area contributed by atoms with Gasteiger partial charge in [-0.05, 0) is 57.6 Å².